The number of rotatable bonds is 5. The summed E-state index contributed by atoms with van der Waals surface area (Å²) in [7, 11) is -3.32. The van der Waals surface area contributed by atoms with E-state index < -0.39 is 10.0 Å². The predicted molar refractivity (Wildman–Crippen MR) is 111 cm³/mol. The third-order valence-corrected chi connectivity index (χ3v) is 6.37. The van der Waals surface area contributed by atoms with Gasteiger partial charge in [-0.15, -0.1) is 5.10 Å². The van der Waals surface area contributed by atoms with Crippen molar-refractivity contribution in [1.29, 1.82) is 0 Å². The molecule has 4 rings (SSSR count). The van der Waals surface area contributed by atoms with Crippen LogP contribution in [0.2, 0.25) is 0 Å². The molecule has 0 atom stereocenters. The van der Waals surface area contributed by atoms with E-state index in [2.05, 4.69) is 20.8 Å². The molecule has 1 amide bonds. The normalized spacial score (nSPS) is 13.4. The molecule has 0 spiro atoms. The van der Waals surface area contributed by atoms with Crippen molar-refractivity contribution >= 4 is 39.1 Å². The van der Waals surface area contributed by atoms with Crippen molar-refractivity contribution in [1.82, 2.24) is 20.2 Å². The Morgan fingerprint density at radius 2 is 2.03 bits per heavy atom. The Morgan fingerprint density at radius 1 is 1.21 bits per heavy atom. The maximum absolute atomic E-state index is 12.7. The molecule has 1 aliphatic heterocycles. The SMILES string of the molecule is CSc1nnnn1-c1cccc(NC(=O)c2ccc3c(c2)CCN3S(C)(=O)=O)c1. The smallest absolute Gasteiger partial charge is 0.255 e. The largest absolute Gasteiger partial charge is 0.322 e. The zero-order chi connectivity index (χ0) is 20.6. The quantitative estimate of drug-likeness (QED) is 0.616. The molecular weight excluding hydrogens is 412 g/mol. The van der Waals surface area contributed by atoms with Gasteiger partial charge in [0.2, 0.25) is 15.2 Å². The minimum Gasteiger partial charge on any atom is -0.322 e. The second-order valence-corrected chi connectivity index (χ2v) is 9.19. The summed E-state index contributed by atoms with van der Waals surface area (Å²) in [5.74, 6) is -0.274. The molecule has 1 aromatic heterocycles. The highest BCUT2D eigenvalue weighted by molar-refractivity contribution is 7.98. The topological polar surface area (TPSA) is 110 Å². The number of aromatic nitrogens is 4. The van der Waals surface area contributed by atoms with Crippen LogP contribution in [0.25, 0.3) is 5.69 Å². The van der Waals surface area contributed by atoms with E-state index in [1.54, 1.807) is 35.0 Å². The second kappa shape index (κ2) is 7.48. The van der Waals surface area contributed by atoms with Crippen LogP contribution < -0.4 is 9.62 Å². The molecule has 3 aromatic rings. The number of benzene rings is 2. The van der Waals surface area contributed by atoms with Crippen LogP contribution in [0.5, 0.6) is 0 Å². The number of sulfonamides is 1. The number of nitrogens with zero attached hydrogens (tertiary/aromatic N) is 5. The minimum absolute atomic E-state index is 0.274. The Bertz CT molecular complexity index is 1190. The van der Waals surface area contributed by atoms with Crippen molar-refractivity contribution < 1.29 is 13.2 Å². The summed E-state index contributed by atoms with van der Waals surface area (Å²) in [6, 6.07) is 12.3. The van der Waals surface area contributed by atoms with Gasteiger partial charge in [0, 0.05) is 17.8 Å². The number of carbonyl (C=O) groups is 1. The first-order chi connectivity index (χ1) is 13.9. The standard InChI is InChI=1S/C18H18N6O3S2/c1-28-18-20-21-22-24(18)15-5-3-4-14(11-15)19-17(25)13-6-7-16-12(10-13)8-9-23(16)29(2,26)27/h3-7,10-11H,8-9H2,1-2H3,(H,19,25). The Labute approximate surface area is 172 Å². The Morgan fingerprint density at radius 3 is 2.79 bits per heavy atom. The molecule has 0 unspecified atom stereocenters. The summed E-state index contributed by atoms with van der Waals surface area (Å²) in [5.41, 5.74) is 3.28. The highest BCUT2D eigenvalue weighted by atomic mass is 32.2. The summed E-state index contributed by atoms with van der Waals surface area (Å²) in [6.07, 6.45) is 3.64. The molecular formula is C18H18N6O3S2. The Balaban J connectivity index is 1.56. The number of hydrogen-bond donors (Lipinski definition) is 1. The number of fused-ring (bicyclic) bond motifs is 1. The molecule has 1 aliphatic rings. The highest BCUT2D eigenvalue weighted by Gasteiger charge is 2.26. The maximum Gasteiger partial charge on any atom is 0.255 e. The summed E-state index contributed by atoms with van der Waals surface area (Å²) in [5, 5.41) is 15.1. The lowest BCUT2D eigenvalue weighted by Gasteiger charge is -2.16. The van der Waals surface area contributed by atoms with Crippen LogP contribution in [0.15, 0.2) is 47.6 Å². The molecule has 0 bridgehead atoms. The minimum atomic E-state index is -3.32. The first-order valence-electron chi connectivity index (χ1n) is 8.71. The first-order valence-corrected chi connectivity index (χ1v) is 11.8. The number of hydrogen-bond acceptors (Lipinski definition) is 7. The molecule has 0 fully saturated rings. The highest BCUT2D eigenvalue weighted by Crippen LogP contribution is 2.31. The zero-order valence-electron chi connectivity index (χ0n) is 15.7. The average molecular weight is 431 g/mol. The van der Waals surface area contributed by atoms with Gasteiger partial charge in [-0.1, -0.05) is 17.8 Å². The van der Waals surface area contributed by atoms with Crippen molar-refractivity contribution in [3.8, 4) is 5.69 Å². The summed E-state index contributed by atoms with van der Waals surface area (Å²) in [6.45, 7) is 0.394. The molecule has 1 N–H and O–H groups in total. The van der Waals surface area contributed by atoms with Crippen LogP contribution in [-0.2, 0) is 16.4 Å². The van der Waals surface area contributed by atoms with Crippen molar-refractivity contribution in [2.24, 2.45) is 0 Å². The maximum atomic E-state index is 12.7. The fourth-order valence-corrected chi connectivity index (χ4v) is 4.64. The van der Waals surface area contributed by atoms with Gasteiger partial charge in [-0.25, -0.2) is 8.42 Å². The third kappa shape index (κ3) is 3.83. The average Bonchev–Trinajstić information content (AvgIpc) is 3.34. The summed E-state index contributed by atoms with van der Waals surface area (Å²) < 4.78 is 26.7. The Kier molecular flexibility index (Phi) is 5.01. The van der Waals surface area contributed by atoms with E-state index in [4.69, 9.17) is 0 Å². The van der Waals surface area contributed by atoms with Gasteiger partial charge in [0.25, 0.3) is 5.91 Å². The van der Waals surface area contributed by atoms with Gasteiger partial charge in [-0.3, -0.25) is 9.10 Å². The van der Waals surface area contributed by atoms with Gasteiger partial charge in [-0.05, 0) is 65.1 Å². The summed E-state index contributed by atoms with van der Waals surface area (Å²) in [4.78, 5) is 12.7. The number of carbonyl (C=O) groups excluding carboxylic acids is 1. The molecule has 29 heavy (non-hydrogen) atoms. The number of nitrogens with one attached hydrogen (secondary N) is 1. The van der Waals surface area contributed by atoms with E-state index in [1.807, 2.05) is 18.4 Å². The number of thioether (sulfide) groups is 1. The monoisotopic (exact) mass is 430 g/mol. The van der Waals surface area contributed by atoms with Crippen LogP contribution in [0.1, 0.15) is 15.9 Å². The van der Waals surface area contributed by atoms with E-state index in [0.29, 0.717) is 35.1 Å². The van der Waals surface area contributed by atoms with Crippen LogP contribution in [0.3, 0.4) is 0 Å². The Hall–Kier alpha value is -2.92. The molecule has 2 aromatic carbocycles. The lowest BCUT2D eigenvalue weighted by atomic mass is 10.1. The van der Waals surface area contributed by atoms with Crippen molar-refractivity contribution in [2.75, 3.05) is 28.7 Å². The molecule has 0 radical (unpaired) electrons. The van der Waals surface area contributed by atoms with Crippen molar-refractivity contribution in [3.63, 3.8) is 0 Å². The molecule has 0 aliphatic carbocycles. The van der Waals surface area contributed by atoms with E-state index in [9.17, 15) is 13.2 Å². The van der Waals surface area contributed by atoms with Crippen molar-refractivity contribution in [3.05, 3.63) is 53.6 Å². The van der Waals surface area contributed by atoms with Crippen LogP contribution in [0.4, 0.5) is 11.4 Å². The summed E-state index contributed by atoms with van der Waals surface area (Å²) >= 11 is 1.42. The number of amides is 1. The zero-order valence-corrected chi connectivity index (χ0v) is 17.4. The van der Waals surface area contributed by atoms with E-state index in [-0.39, 0.29) is 5.91 Å². The van der Waals surface area contributed by atoms with E-state index in [0.717, 1.165) is 11.3 Å². The second-order valence-electron chi connectivity index (χ2n) is 6.51. The van der Waals surface area contributed by atoms with Gasteiger partial charge in [-0.2, -0.15) is 4.68 Å². The van der Waals surface area contributed by atoms with Gasteiger partial charge in [0.15, 0.2) is 0 Å². The van der Waals surface area contributed by atoms with Crippen molar-refractivity contribution in [2.45, 2.75) is 11.6 Å². The third-order valence-electron chi connectivity index (χ3n) is 4.57. The number of anilines is 2. The van der Waals surface area contributed by atoms with E-state index >= 15 is 0 Å². The molecule has 2 heterocycles. The van der Waals surface area contributed by atoms with E-state index in [1.165, 1.54) is 22.3 Å². The molecule has 150 valence electrons. The van der Waals surface area contributed by atoms with Crippen LogP contribution in [0, 0.1) is 0 Å². The van der Waals surface area contributed by atoms with Gasteiger partial charge >= 0.3 is 0 Å². The van der Waals surface area contributed by atoms with Gasteiger partial charge in [0.05, 0.1) is 17.6 Å². The first kappa shape index (κ1) is 19.4. The lowest BCUT2D eigenvalue weighted by Crippen LogP contribution is -2.27. The molecule has 0 saturated heterocycles. The molecule has 11 heteroatoms. The van der Waals surface area contributed by atoms with Crippen LogP contribution >= 0.6 is 11.8 Å². The fraction of sp³-hybridized carbons (Fsp3) is 0.222. The predicted octanol–water partition coefficient (Wildman–Crippen LogP) is 1.96. The van der Waals surface area contributed by atoms with Crippen LogP contribution in [-0.4, -0.2) is 53.6 Å². The van der Waals surface area contributed by atoms with Gasteiger partial charge in [0.1, 0.15) is 0 Å². The lowest BCUT2D eigenvalue weighted by molar-refractivity contribution is 0.102. The molecule has 0 saturated carbocycles. The van der Waals surface area contributed by atoms with Gasteiger partial charge < -0.3 is 5.32 Å². The fourth-order valence-electron chi connectivity index (χ4n) is 3.24. The molecule has 9 nitrogen and oxygen atoms in total. The number of tetrazole rings is 1.